The molecule has 1 aliphatic carbocycles. The molecule has 136 valence electrons. The highest BCUT2D eigenvalue weighted by Crippen LogP contribution is 2.46. The molecule has 1 aromatic carbocycles. The van der Waals surface area contributed by atoms with Gasteiger partial charge in [0, 0.05) is 42.7 Å². The Bertz CT molecular complexity index is 848. The van der Waals surface area contributed by atoms with Crippen molar-refractivity contribution in [3.63, 3.8) is 0 Å². The van der Waals surface area contributed by atoms with Crippen LogP contribution in [0.3, 0.4) is 0 Å². The second kappa shape index (κ2) is 6.32. The average Bonchev–Trinajstić information content (AvgIpc) is 3.16. The van der Waals surface area contributed by atoms with E-state index in [2.05, 4.69) is 21.0 Å². The molecule has 0 unspecified atom stereocenters. The first-order valence-corrected chi connectivity index (χ1v) is 8.32. The van der Waals surface area contributed by atoms with E-state index in [0.29, 0.717) is 6.54 Å². The maximum atomic E-state index is 14.0. The molecule has 1 saturated carbocycles. The van der Waals surface area contributed by atoms with Crippen LogP contribution >= 0.6 is 0 Å². The number of carbonyl (C=O) groups is 2. The normalized spacial score (nSPS) is 16.9. The predicted molar refractivity (Wildman–Crippen MR) is 91.4 cm³/mol. The zero-order valence-corrected chi connectivity index (χ0v) is 13.9. The number of rotatable bonds is 5. The molecule has 9 heteroatoms. The summed E-state index contributed by atoms with van der Waals surface area (Å²) in [5.41, 5.74) is 0.460. The van der Waals surface area contributed by atoms with Gasteiger partial charge in [0.15, 0.2) is 18.2 Å². The fourth-order valence-corrected chi connectivity index (χ4v) is 2.98. The number of nitrogens with zero attached hydrogens (tertiary/aromatic N) is 2. The highest BCUT2D eigenvalue weighted by molar-refractivity contribution is 5.97. The fraction of sp³-hybridized carbons (Fsp3) is 0.353. The number of aromatic nitrogens is 2. The Morgan fingerprint density at radius 3 is 3.00 bits per heavy atom. The molecule has 3 amide bonds. The first-order valence-electron chi connectivity index (χ1n) is 8.32. The van der Waals surface area contributed by atoms with Crippen molar-refractivity contribution in [1.29, 1.82) is 0 Å². The van der Waals surface area contributed by atoms with Gasteiger partial charge in [-0.25, -0.2) is 9.18 Å². The lowest BCUT2D eigenvalue weighted by molar-refractivity contribution is -0.118. The minimum atomic E-state index is -0.643. The molecule has 3 N–H and O–H groups in total. The summed E-state index contributed by atoms with van der Waals surface area (Å²) >= 11 is 0. The number of urea groups is 1. The summed E-state index contributed by atoms with van der Waals surface area (Å²) in [6.07, 6.45) is 5.66. The summed E-state index contributed by atoms with van der Waals surface area (Å²) in [5, 5.41) is 12.1. The number of hydrogen-bond acceptors (Lipinski definition) is 4. The van der Waals surface area contributed by atoms with Crippen molar-refractivity contribution in [2.24, 2.45) is 5.41 Å². The molecule has 0 bridgehead atoms. The molecule has 4 rings (SSSR count). The van der Waals surface area contributed by atoms with Crippen molar-refractivity contribution in [3.8, 4) is 5.75 Å². The van der Waals surface area contributed by atoms with Crippen molar-refractivity contribution >= 4 is 23.3 Å². The maximum Gasteiger partial charge on any atom is 0.319 e. The van der Waals surface area contributed by atoms with Crippen LogP contribution < -0.4 is 20.7 Å². The molecular formula is C17H18FN5O3. The molecule has 1 aromatic heterocycles. The van der Waals surface area contributed by atoms with Crippen molar-refractivity contribution in [2.45, 2.75) is 19.4 Å². The Balaban J connectivity index is 1.36. The lowest BCUT2D eigenvalue weighted by Gasteiger charge is -2.20. The number of hydrogen-bond donors (Lipinski definition) is 3. The van der Waals surface area contributed by atoms with E-state index in [9.17, 15) is 14.0 Å². The van der Waals surface area contributed by atoms with Crippen LogP contribution in [0.5, 0.6) is 5.75 Å². The van der Waals surface area contributed by atoms with Crippen LogP contribution in [0.4, 0.5) is 20.6 Å². The Labute approximate surface area is 148 Å². The van der Waals surface area contributed by atoms with Gasteiger partial charge < -0.3 is 20.7 Å². The van der Waals surface area contributed by atoms with Crippen molar-refractivity contribution < 1.29 is 18.7 Å². The van der Waals surface area contributed by atoms with Crippen LogP contribution in [0.1, 0.15) is 12.8 Å². The number of ether oxygens (including phenoxy) is 1. The van der Waals surface area contributed by atoms with Gasteiger partial charge in [-0.05, 0) is 25.0 Å². The Kier molecular flexibility index (Phi) is 3.98. The van der Waals surface area contributed by atoms with Gasteiger partial charge >= 0.3 is 6.03 Å². The number of carbonyl (C=O) groups excluding carboxylic acids is 2. The molecule has 0 saturated heterocycles. The Hall–Kier alpha value is -3.10. The van der Waals surface area contributed by atoms with Gasteiger partial charge in [-0.3, -0.25) is 9.48 Å². The number of anilines is 2. The van der Waals surface area contributed by atoms with Crippen LogP contribution in [0.15, 0.2) is 30.6 Å². The third kappa shape index (κ3) is 3.46. The summed E-state index contributed by atoms with van der Waals surface area (Å²) in [7, 11) is 0. The molecule has 8 nitrogen and oxygen atoms in total. The Morgan fingerprint density at radius 1 is 1.42 bits per heavy atom. The predicted octanol–water partition coefficient (Wildman–Crippen LogP) is 1.96. The molecule has 0 atom stereocenters. The molecule has 1 fully saturated rings. The number of nitrogens with one attached hydrogen (secondary N) is 3. The van der Waals surface area contributed by atoms with E-state index in [1.165, 1.54) is 6.07 Å². The quantitative estimate of drug-likeness (QED) is 0.760. The van der Waals surface area contributed by atoms with Crippen LogP contribution in [0.2, 0.25) is 0 Å². The van der Waals surface area contributed by atoms with Gasteiger partial charge in [-0.1, -0.05) is 0 Å². The molecule has 2 aliphatic rings. The van der Waals surface area contributed by atoms with Crippen molar-refractivity contribution in [3.05, 3.63) is 36.4 Å². The number of halogens is 1. The van der Waals surface area contributed by atoms with Gasteiger partial charge in [-0.15, -0.1) is 0 Å². The third-order valence-electron chi connectivity index (χ3n) is 4.56. The second-order valence-electron chi connectivity index (χ2n) is 6.68. The number of fused-ring (bicyclic) bond motifs is 1. The van der Waals surface area contributed by atoms with E-state index in [4.69, 9.17) is 4.74 Å². The smallest absolute Gasteiger partial charge is 0.319 e. The minimum Gasteiger partial charge on any atom is -0.478 e. The van der Waals surface area contributed by atoms with E-state index in [1.54, 1.807) is 6.20 Å². The zero-order chi connectivity index (χ0) is 18.1. The summed E-state index contributed by atoms with van der Waals surface area (Å²) in [6, 6.07) is 4.06. The van der Waals surface area contributed by atoms with E-state index in [0.717, 1.165) is 25.5 Å². The lowest BCUT2D eigenvalue weighted by atomic mass is 10.1. The minimum absolute atomic E-state index is 0.0201. The molecular weight excluding hydrogens is 341 g/mol. The zero-order valence-electron chi connectivity index (χ0n) is 13.9. The highest BCUT2D eigenvalue weighted by Gasteiger charge is 2.43. The molecule has 2 aromatic rings. The lowest BCUT2D eigenvalue weighted by Crippen LogP contribution is -2.35. The van der Waals surface area contributed by atoms with E-state index in [1.807, 2.05) is 16.9 Å². The van der Waals surface area contributed by atoms with Gasteiger partial charge in [0.05, 0.1) is 5.69 Å². The molecule has 26 heavy (non-hydrogen) atoms. The van der Waals surface area contributed by atoms with Crippen LogP contribution in [0, 0.1) is 11.2 Å². The first-order chi connectivity index (χ1) is 12.5. The monoisotopic (exact) mass is 359 g/mol. The Morgan fingerprint density at radius 2 is 2.27 bits per heavy atom. The SMILES string of the molecule is O=C1COc2c(F)cc(NC(=O)NCC3(Cn4cccn4)CC3)cc2N1. The summed E-state index contributed by atoms with van der Waals surface area (Å²) in [5.74, 6) is -1.03. The van der Waals surface area contributed by atoms with Crippen LogP contribution in [-0.2, 0) is 11.3 Å². The molecule has 0 spiro atoms. The maximum absolute atomic E-state index is 14.0. The first kappa shape index (κ1) is 16.4. The second-order valence-corrected chi connectivity index (χ2v) is 6.68. The molecule has 1 aliphatic heterocycles. The summed E-state index contributed by atoms with van der Waals surface area (Å²) in [6.45, 7) is 1.03. The summed E-state index contributed by atoms with van der Waals surface area (Å²) in [4.78, 5) is 23.5. The standard InChI is InChI=1S/C17H18FN5O3/c18-12-6-11(7-13-15(12)26-8-14(24)22-13)21-16(25)19-9-17(2-3-17)10-23-5-1-4-20-23/h1,4-7H,2-3,8-10H2,(H,22,24)(H2,19,21,25). The van der Waals surface area contributed by atoms with Crippen LogP contribution in [0.25, 0.3) is 0 Å². The van der Waals surface area contributed by atoms with Crippen molar-refractivity contribution in [1.82, 2.24) is 15.1 Å². The topological polar surface area (TPSA) is 97.3 Å². The number of amides is 3. The fourth-order valence-electron chi connectivity index (χ4n) is 2.98. The van der Waals surface area contributed by atoms with E-state index in [-0.39, 0.29) is 35.1 Å². The van der Waals surface area contributed by atoms with E-state index < -0.39 is 11.8 Å². The van der Waals surface area contributed by atoms with Gasteiger partial charge in [0.2, 0.25) is 0 Å². The molecule has 2 heterocycles. The average molecular weight is 359 g/mol. The van der Waals surface area contributed by atoms with Gasteiger partial charge in [-0.2, -0.15) is 5.10 Å². The van der Waals surface area contributed by atoms with Crippen LogP contribution in [-0.4, -0.2) is 34.9 Å². The third-order valence-corrected chi connectivity index (χ3v) is 4.56. The summed E-state index contributed by atoms with van der Waals surface area (Å²) < 4.78 is 21.0. The molecule has 0 radical (unpaired) electrons. The van der Waals surface area contributed by atoms with E-state index >= 15 is 0 Å². The number of benzene rings is 1. The van der Waals surface area contributed by atoms with Crippen molar-refractivity contribution in [2.75, 3.05) is 23.8 Å². The largest absolute Gasteiger partial charge is 0.478 e. The van der Waals surface area contributed by atoms with Gasteiger partial charge in [0.25, 0.3) is 5.91 Å². The highest BCUT2D eigenvalue weighted by atomic mass is 19.1. The van der Waals surface area contributed by atoms with Gasteiger partial charge in [0.1, 0.15) is 0 Å².